The first kappa shape index (κ1) is 8.55. The Kier molecular flexibility index (Phi) is 2.40. The molecule has 4 atom stereocenters. The van der Waals surface area contributed by atoms with Crippen molar-refractivity contribution < 1.29 is 0 Å². The Morgan fingerprint density at radius 3 is 2.50 bits per heavy atom. The van der Waals surface area contributed by atoms with Crippen molar-refractivity contribution in [3.05, 3.63) is 0 Å². The highest BCUT2D eigenvalue weighted by molar-refractivity contribution is 4.96. The summed E-state index contributed by atoms with van der Waals surface area (Å²) < 4.78 is 0. The molecule has 2 saturated carbocycles. The molecular weight excluding hydrogens is 146 g/mol. The van der Waals surface area contributed by atoms with Crippen LogP contribution in [-0.4, -0.2) is 13.1 Å². The van der Waals surface area contributed by atoms with Gasteiger partial charge in [0.1, 0.15) is 0 Å². The van der Waals surface area contributed by atoms with Gasteiger partial charge in [0.2, 0.25) is 0 Å². The van der Waals surface area contributed by atoms with Gasteiger partial charge in [-0.25, -0.2) is 0 Å². The lowest BCUT2D eigenvalue weighted by Crippen LogP contribution is -2.29. The smallest absolute Gasteiger partial charge is 0.00951 e. The van der Waals surface area contributed by atoms with Crippen molar-refractivity contribution in [1.29, 1.82) is 0 Å². The summed E-state index contributed by atoms with van der Waals surface area (Å²) in [6.45, 7) is 2.36. The molecule has 0 aromatic carbocycles. The van der Waals surface area contributed by atoms with E-state index in [2.05, 4.69) is 19.3 Å². The molecule has 0 saturated heterocycles. The second-order valence-corrected chi connectivity index (χ2v) is 4.55. The summed E-state index contributed by atoms with van der Waals surface area (Å²) in [6.07, 6.45) is 7.34. The van der Waals surface area contributed by atoms with Crippen molar-refractivity contribution >= 4 is 0 Å². The van der Waals surface area contributed by atoms with Gasteiger partial charge in [-0.05, 0) is 50.5 Å². The van der Waals surface area contributed by atoms with Crippen LogP contribution in [0, 0.1) is 17.8 Å². The highest BCUT2D eigenvalue weighted by Crippen LogP contribution is 2.48. The Labute approximate surface area is 75.9 Å². The lowest BCUT2D eigenvalue weighted by molar-refractivity contribution is 0.325. The van der Waals surface area contributed by atoms with Crippen molar-refractivity contribution in [3.8, 4) is 0 Å². The maximum absolute atomic E-state index is 3.48. The quantitative estimate of drug-likeness (QED) is 0.666. The van der Waals surface area contributed by atoms with Gasteiger partial charge >= 0.3 is 0 Å². The first-order valence-corrected chi connectivity index (χ1v) is 5.54. The van der Waals surface area contributed by atoms with E-state index in [0.717, 1.165) is 23.8 Å². The highest BCUT2D eigenvalue weighted by atomic mass is 14.9. The van der Waals surface area contributed by atoms with Crippen molar-refractivity contribution in [2.24, 2.45) is 17.8 Å². The first-order chi connectivity index (χ1) is 5.86. The van der Waals surface area contributed by atoms with Crippen LogP contribution < -0.4 is 5.32 Å². The molecule has 0 aromatic heterocycles. The van der Waals surface area contributed by atoms with Gasteiger partial charge in [-0.15, -0.1) is 0 Å². The largest absolute Gasteiger partial charge is 0.317 e. The second kappa shape index (κ2) is 3.37. The third kappa shape index (κ3) is 1.19. The van der Waals surface area contributed by atoms with Gasteiger partial charge in [0.15, 0.2) is 0 Å². The van der Waals surface area contributed by atoms with E-state index in [4.69, 9.17) is 0 Å². The molecular formula is C11H21N. The molecule has 2 aliphatic carbocycles. The van der Waals surface area contributed by atoms with E-state index in [0.29, 0.717) is 0 Å². The summed E-state index contributed by atoms with van der Waals surface area (Å²) >= 11 is 0. The minimum atomic E-state index is 0.853. The zero-order valence-corrected chi connectivity index (χ0v) is 8.34. The van der Waals surface area contributed by atoms with Crippen LogP contribution in [0.15, 0.2) is 0 Å². The maximum atomic E-state index is 3.48. The van der Waals surface area contributed by atoms with Gasteiger partial charge in [-0.2, -0.15) is 0 Å². The average Bonchev–Trinajstić information content (AvgIpc) is 2.62. The molecule has 0 radical (unpaired) electrons. The van der Waals surface area contributed by atoms with E-state index in [-0.39, 0.29) is 0 Å². The molecule has 0 spiro atoms. The molecule has 1 heteroatoms. The lowest BCUT2D eigenvalue weighted by atomic mass is 9.90. The van der Waals surface area contributed by atoms with Crippen LogP contribution in [0.5, 0.6) is 0 Å². The predicted octanol–water partition coefficient (Wildman–Crippen LogP) is 2.42. The lowest BCUT2D eigenvalue weighted by Gasteiger charge is -2.19. The molecule has 2 aliphatic rings. The van der Waals surface area contributed by atoms with Crippen LogP contribution in [0.4, 0.5) is 0 Å². The molecule has 1 N–H and O–H groups in total. The molecule has 0 heterocycles. The summed E-state index contributed by atoms with van der Waals surface area (Å²) in [7, 11) is 2.13. The van der Waals surface area contributed by atoms with Crippen molar-refractivity contribution in [1.82, 2.24) is 5.32 Å². The van der Waals surface area contributed by atoms with Crippen LogP contribution in [0.3, 0.4) is 0 Å². The standard InChI is InChI=1S/C11H21N/c1-3-8-4-5-10-9(8)6-7-11(10)12-2/h8-12H,3-7H2,1-2H3. The summed E-state index contributed by atoms with van der Waals surface area (Å²) in [5, 5.41) is 3.48. The first-order valence-electron chi connectivity index (χ1n) is 5.54. The van der Waals surface area contributed by atoms with Crippen LogP contribution >= 0.6 is 0 Å². The molecule has 4 unspecified atom stereocenters. The van der Waals surface area contributed by atoms with Gasteiger partial charge in [0.05, 0.1) is 0 Å². The van der Waals surface area contributed by atoms with Gasteiger partial charge in [-0.3, -0.25) is 0 Å². The Hall–Kier alpha value is -0.0400. The van der Waals surface area contributed by atoms with Crippen LogP contribution in [0.25, 0.3) is 0 Å². The molecule has 0 aliphatic heterocycles. The molecule has 2 fully saturated rings. The molecule has 0 amide bonds. The van der Waals surface area contributed by atoms with E-state index in [1.165, 1.54) is 32.1 Å². The van der Waals surface area contributed by atoms with Gasteiger partial charge in [0, 0.05) is 6.04 Å². The minimum absolute atomic E-state index is 0.853. The van der Waals surface area contributed by atoms with Gasteiger partial charge in [0.25, 0.3) is 0 Å². The fraction of sp³-hybridized carbons (Fsp3) is 1.00. The van der Waals surface area contributed by atoms with Crippen molar-refractivity contribution in [2.75, 3.05) is 7.05 Å². The highest BCUT2D eigenvalue weighted by Gasteiger charge is 2.42. The van der Waals surface area contributed by atoms with Crippen LogP contribution in [-0.2, 0) is 0 Å². The predicted molar refractivity (Wildman–Crippen MR) is 52.1 cm³/mol. The van der Waals surface area contributed by atoms with E-state index in [1.54, 1.807) is 0 Å². The van der Waals surface area contributed by atoms with Crippen molar-refractivity contribution in [2.45, 2.75) is 45.1 Å². The average molecular weight is 167 g/mol. The van der Waals surface area contributed by atoms with Gasteiger partial charge < -0.3 is 5.32 Å². The molecule has 12 heavy (non-hydrogen) atoms. The van der Waals surface area contributed by atoms with E-state index in [9.17, 15) is 0 Å². The van der Waals surface area contributed by atoms with E-state index >= 15 is 0 Å². The van der Waals surface area contributed by atoms with E-state index < -0.39 is 0 Å². The van der Waals surface area contributed by atoms with Crippen LogP contribution in [0.1, 0.15) is 39.0 Å². The summed E-state index contributed by atoms with van der Waals surface area (Å²) in [4.78, 5) is 0. The SMILES string of the molecule is CCC1CCC2C(NC)CCC12. The summed E-state index contributed by atoms with van der Waals surface area (Å²) in [5.74, 6) is 3.17. The zero-order chi connectivity index (χ0) is 8.55. The number of hydrogen-bond donors (Lipinski definition) is 1. The fourth-order valence-electron chi connectivity index (χ4n) is 3.58. The minimum Gasteiger partial charge on any atom is -0.317 e. The van der Waals surface area contributed by atoms with Crippen molar-refractivity contribution in [3.63, 3.8) is 0 Å². The Morgan fingerprint density at radius 2 is 1.83 bits per heavy atom. The number of rotatable bonds is 2. The molecule has 1 nitrogen and oxygen atoms in total. The van der Waals surface area contributed by atoms with Gasteiger partial charge in [-0.1, -0.05) is 13.3 Å². The molecule has 2 rings (SSSR count). The van der Waals surface area contributed by atoms with Crippen LogP contribution in [0.2, 0.25) is 0 Å². The third-order valence-electron chi connectivity index (χ3n) is 4.25. The monoisotopic (exact) mass is 167 g/mol. The number of hydrogen-bond acceptors (Lipinski definition) is 1. The summed E-state index contributed by atoms with van der Waals surface area (Å²) in [5.41, 5.74) is 0. The molecule has 0 bridgehead atoms. The number of fused-ring (bicyclic) bond motifs is 1. The zero-order valence-electron chi connectivity index (χ0n) is 8.34. The third-order valence-corrected chi connectivity index (χ3v) is 4.25. The normalized spacial score (nSPS) is 46.5. The second-order valence-electron chi connectivity index (χ2n) is 4.55. The molecule has 0 aromatic rings. The topological polar surface area (TPSA) is 12.0 Å². The maximum Gasteiger partial charge on any atom is 0.00951 e. The Bertz CT molecular complexity index is 137. The Balaban J connectivity index is 2.01. The fourth-order valence-corrected chi connectivity index (χ4v) is 3.58. The molecule has 70 valence electrons. The van der Waals surface area contributed by atoms with E-state index in [1.807, 2.05) is 0 Å². The Morgan fingerprint density at radius 1 is 1.08 bits per heavy atom. The number of nitrogens with one attached hydrogen (secondary N) is 1. The summed E-state index contributed by atoms with van der Waals surface area (Å²) in [6, 6.07) is 0.853.